The molecule has 0 spiro atoms. The van der Waals surface area contributed by atoms with Crippen molar-refractivity contribution in [2.24, 2.45) is 0 Å². The number of likely N-dealkylation sites (N-methyl/N-ethyl adjacent to an activating group) is 1. The highest BCUT2D eigenvalue weighted by Crippen LogP contribution is 2.29. The number of hydrogen-bond donors (Lipinski definition) is 0. The third-order valence-electron chi connectivity index (χ3n) is 4.23. The molecule has 28 heavy (non-hydrogen) atoms. The van der Waals surface area contributed by atoms with Gasteiger partial charge in [-0.2, -0.15) is 5.26 Å². The Hall–Kier alpha value is -2.79. The lowest BCUT2D eigenvalue weighted by Gasteiger charge is -2.20. The SMILES string of the molecule is Cc1noc(C)c1CSc1ccccc1C(=O)O[C@H](C)C(=O)N(C)CCC#N. The van der Waals surface area contributed by atoms with E-state index in [0.717, 1.165) is 21.9 Å². The van der Waals surface area contributed by atoms with Crippen molar-refractivity contribution in [3.63, 3.8) is 0 Å². The number of thioether (sulfide) groups is 1. The zero-order valence-corrected chi connectivity index (χ0v) is 17.2. The number of esters is 1. The van der Waals surface area contributed by atoms with Crippen molar-refractivity contribution in [2.75, 3.05) is 13.6 Å². The molecule has 0 saturated heterocycles. The van der Waals surface area contributed by atoms with Gasteiger partial charge in [0.05, 0.1) is 23.7 Å². The minimum absolute atomic E-state index is 0.226. The van der Waals surface area contributed by atoms with Crippen molar-refractivity contribution in [3.8, 4) is 6.07 Å². The highest BCUT2D eigenvalue weighted by Gasteiger charge is 2.23. The maximum absolute atomic E-state index is 12.6. The summed E-state index contributed by atoms with van der Waals surface area (Å²) in [7, 11) is 1.58. The van der Waals surface area contributed by atoms with Crippen molar-refractivity contribution in [3.05, 3.63) is 46.8 Å². The Balaban J connectivity index is 2.05. The summed E-state index contributed by atoms with van der Waals surface area (Å²) in [5.74, 6) is 0.460. The maximum Gasteiger partial charge on any atom is 0.340 e. The number of benzene rings is 1. The van der Waals surface area contributed by atoms with Gasteiger partial charge in [0.25, 0.3) is 5.91 Å². The van der Waals surface area contributed by atoms with Crippen molar-refractivity contribution in [2.45, 2.75) is 43.9 Å². The molecular formula is C20H23N3O4S. The average Bonchev–Trinajstić information content (AvgIpc) is 3.01. The number of ether oxygens (including phenoxy) is 1. The first kappa shape index (κ1) is 21.5. The molecule has 1 amide bonds. The molecule has 0 saturated carbocycles. The highest BCUT2D eigenvalue weighted by molar-refractivity contribution is 7.98. The van der Waals surface area contributed by atoms with E-state index in [2.05, 4.69) is 5.16 Å². The van der Waals surface area contributed by atoms with Crippen LogP contribution in [0.5, 0.6) is 0 Å². The lowest BCUT2D eigenvalue weighted by atomic mass is 10.2. The molecule has 7 nitrogen and oxygen atoms in total. The quantitative estimate of drug-likeness (QED) is 0.493. The Kier molecular flexibility index (Phi) is 7.64. The topological polar surface area (TPSA) is 96.4 Å². The molecule has 2 aromatic rings. The monoisotopic (exact) mass is 401 g/mol. The first-order valence-corrected chi connectivity index (χ1v) is 9.80. The fourth-order valence-electron chi connectivity index (χ4n) is 2.53. The van der Waals surface area contributed by atoms with Crippen LogP contribution < -0.4 is 0 Å². The van der Waals surface area contributed by atoms with Crippen molar-refractivity contribution in [1.29, 1.82) is 5.26 Å². The fraction of sp³-hybridized carbons (Fsp3) is 0.400. The lowest BCUT2D eigenvalue weighted by molar-refractivity contribution is -0.138. The Morgan fingerprint density at radius 2 is 2.07 bits per heavy atom. The van der Waals surface area contributed by atoms with Gasteiger partial charge in [-0.3, -0.25) is 4.79 Å². The normalized spacial score (nSPS) is 11.5. The molecular weight excluding hydrogens is 378 g/mol. The van der Waals surface area contributed by atoms with Gasteiger partial charge in [-0.1, -0.05) is 17.3 Å². The van der Waals surface area contributed by atoms with Crippen LogP contribution in [0.25, 0.3) is 0 Å². The molecule has 0 bridgehead atoms. The van der Waals surface area contributed by atoms with E-state index < -0.39 is 12.1 Å². The molecule has 0 radical (unpaired) electrons. The van der Waals surface area contributed by atoms with E-state index in [1.54, 1.807) is 19.2 Å². The standard InChI is InChI=1S/C20H23N3O4S/c1-13-17(14(2)27-22-13)12-28-18-9-6-5-8-16(18)20(25)26-15(3)19(24)23(4)11-7-10-21/h5-6,8-9,15H,7,11-12H2,1-4H3/t15-/m1/s1. The molecule has 0 aliphatic carbocycles. The molecule has 0 N–H and O–H groups in total. The lowest BCUT2D eigenvalue weighted by Crippen LogP contribution is -2.38. The van der Waals surface area contributed by atoms with Gasteiger partial charge in [0, 0.05) is 29.8 Å². The molecule has 1 heterocycles. The summed E-state index contributed by atoms with van der Waals surface area (Å²) in [6, 6.07) is 9.09. The number of hydrogen-bond acceptors (Lipinski definition) is 7. The molecule has 0 fully saturated rings. The van der Waals surface area contributed by atoms with E-state index in [9.17, 15) is 9.59 Å². The van der Waals surface area contributed by atoms with E-state index in [0.29, 0.717) is 17.9 Å². The molecule has 148 valence electrons. The number of carbonyl (C=O) groups is 2. The summed E-state index contributed by atoms with van der Waals surface area (Å²) in [5, 5.41) is 12.6. The van der Waals surface area contributed by atoms with Gasteiger partial charge in [0.2, 0.25) is 0 Å². The van der Waals surface area contributed by atoms with Crippen LogP contribution >= 0.6 is 11.8 Å². The summed E-state index contributed by atoms with van der Waals surface area (Å²) in [4.78, 5) is 27.0. The van der Waals surface area contributed by atoms with Gasteiger partial charge < -0.3 is 14.2 Å². The maximum atomic E-state index is 12.6. The van der Waals surface area contributed by atoms with Gasteiger partial charge in [-0.25, -0.2) is 4.79 Å². The molecule has 0 aliphatic rings. The van der Waals surface area contributed by atoms with Crippen LogP contribution in [-0.2, 0) is 15.3 Å². The van der Waals surface area contributed by atoms with E-state index in [-0.39, 0.29) is 12.3 Å². The molecule has 1 atom stereocenters. The van der Waals surface area contributed by atoms with Crippen LogP contribution in [0, 0.1) is 25.2 Å². The summed E-state index contributed by atoms with van der Waals surface area (Å²) >= 11 is 1.48. The number of carbonyl (C=O) groups excluding carboxylic acids is 2. The molecule has 1 aromatic heterocycles. The summed E-state index contributed by atoms with van der Waals surface area (Å²) in [6.07, 6.45) is -0.707. The number of nitriles is 1. The zero-order valence-electron chi connectivity index (χ0n) is 16.4. The van der Waals surface area contributed by atoms with Crippen LogP contribution in [0.15, 0.2) is 33.7 Å². The van der Waals surface area contributed by atoms with Crippen molar-refractivity contribution in [1.82, 2.24) is 10.1 Å². The molecule has 0 unspecified atom stereocenters. The van der Waals surface area contributed by atoms with Crippen LogP contribution in [-0.4, -0.2) is 41.6 Å². The first-order chi connectivity index (χ1) is 13.3. The predicted octanol–water partition coefficient (Wildman–Crippen LogP) is 3.50. The Bertz CT molecular complexity index is 868. The predicted molar refractivity (Wildman–Crippen MR) is 105 cm³/mol. The number of aromatic nitrogens is 1. The van der Waals surface area contributed by atoms with Gasteiger partial charge in [-0.05, 0) is 32.9 Å². The average molecular weight is 401 g/mol. The number of aryl methyl sites for hydroxylation is 2. The largest absolute Gasteiger partial charge is 0.449 e. The minimum Gasteiger partial charge on any atom is -0.449 e. The van der Waals surface area contributed by atoms with E-state index in [1.807, 2.05) is 32.0 Å². The van der Waals surface area contributed by atoms with Crippen LogP contribution in [0.4, 0.5) is 0 Å². The first-order valence-electron chi connectivity index (χ1n) is 8.81. The Labute approximate surface area is 168 Å². The summed E-state index contributed by atoms with van der Waals surface area (Å²) < 4.78 is 10.5. The van der Waals surface area contributed by atoms with Crippen LogP contribution in [0.1, 0.15) is 40.7 Å². The highest BCUT2D eigenvalue weighted by atomic mass is 32.2. The van der Waals surface area contributed by atoms with Crippen molar-refractivity contribution < 1.29 is 18.8 Å². The van der Waals surface area contributed by atoms with E-state index in [1.165, 1.54) is 23.6 Å². The van der Waals surface area contributed by atoms with Crippen LogP contribution in [0.3, 0.4) is 0 Å². The molecule has 8 heteroatoms. The summed E-state index contributed by atoms with van der Waals surface area (Å²) in [6.45, 7) is 5.55. The smallest absolute Gasteiger partial charge is 0.340 e. The second-order valence-electron chi connectivity index (χ2n) is 6.30. The number of amides is 1. The molecule has 2 rings (SSSR count). The number of rotatable bonds is 8. The summed E-state index contributed by atoms with van der Waals surface area (Å²) in [5.41, 5.74) is 2.22. The third kappa shape index (κ3) is 5.36. The van der Waals surface area contributed by atoms with Crippen molar-refractivity contribution >= 4 is 23.6 Å². The van der Waals surface area contributed by atoms with E-state index >= 15 is 0 Å². The Morgan fingerprint density at radius 3 is 2.71 bits per heavy atom. The Morgan fingerprint density at radius 1 is 1.36 bits per heavy atom. The molecule has 0 aliphatic heterocycles. The second-order valence-corrected chi connectivity index (χ2v) is 7.32. The van der Waals surface area contributed by atoms with Gasteiger partial charge in [-0.15, -0.1) is 11.8 Å². The fourth-order valence-corrected chi connectivity index (χ4v) is 3.73. The zero-order chi connectivity index (χ0) is 20.7. The van der Waals surface area contributed by atoms with Crippen LogP contribution in [0.2, 0.25) is 0 Å². The van der Waals surface area contributed by atoms with Gasteiger partial charge in [0.15, 0.2) is 6.10 Å². The number of nitrogens with zero attached hydrogens (tertiary/aromatic N) is 3. The van der Waals surface area contributed by atoms with E-state index in [4.69, 9.17) is 14.5 Å². The third-order valence-corrected chi connectivity index (χ3v) is 5.33. The molecule has 1 aromatic carbocycles. The minimum atomic E-state index is -0.934. The van der Waals surface area contributed by atoms with Gasteiger partial charge in [0.1, 0.15) is 5.76 Å². The second kappa shape index (κ2) is 9.95. The van der Waals surface area contributed by atoms with Gasteiger partial charge >= 0.3 is 5.97 Å².